The molecule has 0 aliphatic rings. The SMILES string of the molecule is N[C@@H](C[C@@H](C(=O)O)c1ccccc1)C(=O)O. The van der Waals surface area contributed by atoms with Crippen molar-refractivity contribution in [1.82, 2.24) is 0 Å². The third-order valence-corrected chi connectivity index (χ3v) is 2.31. The van der Waals surface area contributed by atoms with E-state index >= 15 is 0 Å². The van der Waals surface area contributed by atoms with Crippen LogP contribution < -0.4 is 5.73 Å². The van der Waals surface area contributed by atoms with Gasteiger partial charge in [-0.1, -0.05) is 30.3 Å². The Kier molecular flexibility index (Phi) is 4.02. The Morgan fingerprint density at radius 2 is 1.69 bits per heavy atom. The number of benzene rings is 1. The summed E-state index contributed by atoms with van der Waals surface area (Å²) in [5.74, 6) is -3.14. The van der Waals surface area contributed by atoms with Gasteiger partial charge < -0.3 is 15.9 Å². The summed E-state index contributed by atoms with van der Waals surface area (Å²) >= 11 is 0. The first-order chi connectivity index (χ1) is 7.52. The summed E-state index contributed by atoms with van der Waals surface area (Å²) in [6.07, 6.45) is -0.116. The number of carboxylic acid groups (broad SMARTS) is 2. The molecular formula is C11H13NO4. The first-order valence-electron chi connectivity index (χ1n) is 4.78. The van der Waals surface area contributed by atoms with E-state index in [1.165, 1.54) is 0 Å². The lowest BCUT2D eigenvalue weighted by molar-refractivity contribution is -0.141. The van der Waals surface area contributed by atoms with Crippen LogP contribution in [-0.4, -0.2) is 28.2 Å². The van der Waals surface area contributed by atoms with Crippen molar-refractivity contribution in [3.05, 3.63) is 35.9 Å². The number of hydrogen-bond acceptors (Lipinski definition) is 3. The van der Waals surface area contributed by atoms with E-state index in [1.807, 2.05) is 0 Å². The molecule has 86 valence electrons. The summed E-state index contributed by atoms with van der Waals surface area (Å²) in [6, 6.07) is 7.30. The van der Waals surface area contributed by atoms with Gasteiger partial charge >= 0.3 is 11.9 Å². The third kappa shape index (κ3) is 3.06. The van der Waals surface area contributed by atoms with Crippen LogP contribution in [0.5, 0.6) is 0 Å². The average Bonchev–Trinajstić information content (AvgIpc) is 2.26. The van der Waals surface area contributed by atoms with Crippen molar-refractivity contribution >= 4 is 11.9 Å². The van der Waals surface area contributed by atoms with Crippen LogP contribution in [0.1, 0.15) is 17.9 Å². The van der Waals surface area contributed by atoms with Crippen molar-refractivity contribution in [2.75, 3.05) is 0 Å². The quantitative estimate of drug-likeness (QED) is 0.680. The van der Waals surface area contributed by atoms with Crippen molar-refractivity contribution in [2.24, 2.45) is 5.73 Å². The molecule has 1 aromatic carbocycles. The molecule has 5 heteroatoms. The standard InChI is InChI=1S/C11H13NO4/c12-9(11(15)16)6-8(10(13)14)7-4-2-1-3-5-7/h1-5,8-9H,6,12H2,(H,13,14)(H,15,16)/t8-,9+/m1/s1. The Labute approximate surface area is 92.5 Å². The highest BCUT2D eigenvalue weighted by atomic mass is 16.4. The lowest BCUT2D eigenvalue weighted by Gasteiger charge is -2.14. The lowest BCUT2D eigenvalue weighted by Crippen LogP contribution is -2.33. The van der Waals surface area contributed by atoms with Gasteiger partial charge in [0.1, 0.15) is 6.04 Å². The summed E-state index contributed by atoms with van der Waals surface area (Å²) in [7, 11) is 0. The summed E-state index contributed by atoms with van der Waals surface area (Å²) in [5, 5.41) is 17.7. The summed E-state index contributed by atoms with van der Waals surface area (Å²) in [5.41, 5.74) is 5.89. The monoisotopic (exact) mass is 223 g/mol. The number of carbonyl (C=O) groups is 2. The number of aliphatic carboxylic acids is 2. The van der Waals surface area contributed by atoms with Gasteiger partial charge in [-0.05, 0) is 12.0 Å². The molecule has 0 radical (unpaired) electrons. The predicted molar refractivity (Wildman–Crippen MR) is 57.0 cm³/mol. The Morgan fingerprint density at radius 3 is 2.12 bits per heavy atom. The largest absolute Gasteiger partial charge is 0.481 e. The molecule has 0 aliphatic carbocycles. The highest BCUT2D eigenvalue weighted by molar-refractivity contribution is 5.79. The lowest BCUT2D eigenvalue weighted by atomic mass is 9.92. The van der Waals surface area contributed by atoms with Gasteiger partial charge in [0.25, 0.3) is 0 Å². The fourth-order valence-electron chi connectivity index (χ4n) is 1.42. The molecule has 5 nitrogen and oxygen atoms in total. The minimum Gasteiger partial charge on any atom is -0.481 e. The van der Waals surface area contributed by atoms with E-state index in [2.05, 4.69) is 0 Å². The van der Waals surface area contributed by atoms with Crippen molar-refractivity contribution < 1.29 is 19.8 Å². The van der Waals surface area contributed by atoms with Crippen LogP contribution >= 0.6 is 0 Å². The number of nitrogens with two attached hydrogens (primary N) is 1. The molecule has 0 amide bonds. The highest BCUT2D eigenvalue weighted by Gasteiger charge is 2.25. The van der Waals surface area contributed by atoms with Crippen LogP contribution in [0.15, 0.2) is 30.3 Å². The van der Waals surface area contributed by atoms with Crippen LogP contribution in [0.2, 0.25) is 0 Å². The molecule has 0 saturated carbocycles. The van der Waals surface area contributed by atoms with Crippen molar-refractivity contribution in [2.45, 2.75) is 18.4 Å². The van der Waals surface area contributed by atoms with E-state index in [9.17, 15) is 9.59 Å². The fourth-order valence-corrected chi connectivity index (χ4v) is 1.42. The molecule has 0 unspecified atom stereocenters. The maximum atomic E-state index is 11.0. The van der Waals surface area contributed by atoms with E-state index in [0.717, 1.165) is 0 Å². The smallest absolute Gasteiger partial charge is 0.320 e. The molecule has 0 heterocycles. The van der Waals surface area contributed by atoms with Gasteiger partial charge in [-0.25, -0.2) is 0 Å². The van der Waals surface area contributed by atoms with Gasteiger partial charge in [-0.2, -0.15) is 0 Å². The fraction of sp³-hybridized carbons (Fsp3) is 0.273. The summed E-state index contributed by atoms with van der Waals surface area (Å²) in [4.78, 5) is 21.6. The first kappa shape index (κ1) is 12.2. The molecule has 4 N–H and O–H groups in total. The van der Waals surface area contributed by atoms with E-state index in [0.29, 0.717) is 5.56 Å². The predicted octanol–water partition coefficient (Wildman–Crippen LogP) is 0.657. The van der Waals surface area contributed by atoms with Crippen LogP contribution in [0.4, 0.5) is 0 Å². The molecule has 1 aromatic rings. The van der Waals surface area contributed by atoms with Crippen LogP contribution in [0.25, 0.3) is 0 Å². The molecule has 0 fully saturated rings. The second-order valence-corrected chi connectivity index (χ2v) is 3.48. The van der Waals surface area contributed by atoms with E-state index in [1.54, 1.807) is 30.3 Å². The maximum absolute atomic E-state index is 11.0. The molecule has 16 heavy (non-hydrogen) atoms. The van der Waals surface area contributed by atoms with Crippen LogP contribution in [0.3, 0.4) is 0 Å². The molecule has 0 aliphatic heterocycles. The van der Waals surface area contributed by atoms with E-state index < -0.39 is 23.9 Å². The highest BCUT2D eigenvalue weighted by Crippen LogP contribution is 2.20. The van der Waals surface area contributed by atoms with Crippen LogP contribution in [0, 0.1) is 0 Å². The van der Waals surface area contributed by atoms with Gasteiger partial charge in [0.05, 0.1) is 5.92 Å². The molecular weight excluding hydrogens is 210 g/mol. The van der Waals surface area contributed by atoms with Crippen molar-refractivity contribution in [3.63, 3.8) is 0 Å². The summed E-state index contributed by atoms with van der Waals surface area (Å²) < 4.78 is 0. The maximum Gasteiger partial charge on any atom is 0.320 e. The minimum absolute atomic E-state index is 0.116. The molecule has 1 rings (SSSR count). The molecule has 2 atom stereocenters. The van der Waals surface area contributed by atoms with Crippen molar-refractivity contribution in [1.29, 1.82) is 0 Å². The third-order valence-electron chi connectivity index (χ3n) is 2.31. The Balaban J connectivity index is 2.85. The number of rotatable bonds is 5. The average molecular weight is 223 g/mol. The van der Waals surface area contributed by atoms with E-state index in [4.69, 9.17) is 15.9 Å². The topological polar surface area (TPSA) is 101 Å². The summed E-state index contributed by atoms with van der Waals surface area (Å²) in [6.45, 7) is 0. The number of hydrogen-bond donors (Lipinski definition) is 3. The zero-order valence-corrected chi connectivity index (χ0v) is 8.54. The van der Waals surface area contributed by atoms with Crippen molar-refractivity contribution in [3.8, 4) is 0 Å². The van der Waals surface area contributed by atoms with Gasteiger partial charge in [-0.3, -0.25) is 9.59 Å². The van der Waals surface area contributed by atoms with E-state index in [-0.39, 0.29) is 6.42 Å². The zero-order valence-electron chi connectivity index (χ0n) is 8.54. The second-order valence-electron chi connectivity index (χ2n) is 3.48. The normalized spacial score (nSPS) is 14.1. The number of carboxylic acids is 2. The van der Waals surface area contributed by atoms with Gasteiger partial charge in [-0.15, -0.1) is 0 Å². The van der Waals surface area contributed by atoms with Gasteiger partial charge in [0.15, 0.2) is 0 Å². The zero-order chi connectivity index (χ0) is 12.1. The van der Waals surface area contributed by atoms with Gasteiger partial charge in [0, 0.05) is 0 Å². The molecule has 0 spiro atoms. The molecule has 0 bridgehead atoms. The Morgan fingerprint density at radius 1 is 1.12 bits per heavy atom. The van der Waals surface area contributed by atoms with Gasteiger partial charge in [0.2, 0.25) is 0 Å². The second kappa shape index (κ2) is 5.27. The molecule has 0 aromatic heterocycles. The Bertz CT molecular complexity index is 377. The first-order valence-corrected chi connectivity index (χ1v) is 4.78. The minimum atomic E-state index is -1.19. The van der Waals surface area contributed by atoms with Crippen LogP contribution in [-0.2, 0) is 9.59 Å². The molecule has 0 saturated heterocycles. The Hall–Kier alpha value is -1.88.